The van der Waals surface area contributed by atoms with Gasteiger partial charge in [0.15, 0.2) is 11.6 Å². The third-order valence-corrected chi connectivity index (χ3v) is 3.19. The fourth-order valence-corrected chi connectivity index (χ4v) is 2.18. The van der Waals surface area contributed by atoms with Crippen LogP contribution in [-0.4, -0.2) is 11.8 Å². The highest BCUT2D eigenvalue weighted by molar-refractivity contribution is 6.25. The Hall–Kier alpha value is -1.98. The summed E-state index contributed by atoms with van der Waals surface area (Å²) in [6.07, 6.45) is 0.505. The number of benzene rings is 1. The molecule has 0 spiro atoms. The van der Waals surface area contributed by atoms with Gasteiger partial charge in [0.25, 0.3) is 0 Å². The molecule has 1 aromatic carbocycles. The molecular weight excluding hydrogens is 230 g/mol. The average molecular weight is 238 g/mol. The molecule has 1 aromatic rings. The van der Waals surface area contributed by atoms with E-state index in [1.54, 1.807) is 0 Å². The van der Waals surface area contributed by atoms with Gasteiger partial charge in [-0.25, -0.2) is 13.7 Å². The van der Waals surface area contributed by atoms with Gasteiger partial charge in [0.05, 0.1) is 17.5 Å². The predicted molar refractivity (Wildman–Crippen MR) is 54.9 cm³/mol. The number of nitrogen functional groups attached to an aromatic ring is 1. The van der Waals surface area contributed by atoms with Gasteiger partial charge >= 0.3 is 0 Å². The molecule has 1 aliphatic heterocycles. The number of halogens is 2. The van der Waals surface area contributed by atoms with Crippen molar-refractivity contribution in [1.82, 2.24) is 0 Å². The van der Waals surface area contributed by atoms with Crippen molar-refractivity contribution < 1.29 is 18.4 Å². The molecule has 2 atom stereocenters. The Bertz CT molecular complexity index is 539. The molecule has 2 amide bonds. The fourth-order valence-electron chi connectivity index (χ4n) is 2.18. The van der Waals surface area contributed by atoms with Crippen molar-refractivity contribution in [3.63, 3.8) is 0 Å². The van der Waals surface area contributed by atoms with E-state index in [9.17, 15) is 18.4 Å². The quantitative estimate of drug-likeness (QED) is 0.587. The number of carbonyl (C=O) groups is 2. The van der Waals surface area contributed by atoms with Crippen LogP contribution in [0.25, 0.3) is 0 Å². The van der Waals surface area contributed by atoms with Crippen LogP contribution >= 0.6 is 0 Å². The average Bonchev–Trinajstić information content (AvgIpc) is 3.03. The molecule has 6 heteroatoms. The topological polar surface area (TPSA) is 63.4 Å². The molecule has 2 fully saturated rings. The van der Waals surface area contributed by atoms with Gasteiger partial charge in [0, 0.05) is 0 Å². The zero-order chi connectivity index (χ0) is 12.3. The number of hydrogen-bond acceptors (Lipinski definition) is 3. The Kier molecular flexibility index (Phi) is 1.81. The molecule has 1 saturated heterocycles. The van der Waals surface area contributed by atoms with Crippen LogP contribution in [0.5, 0.6) is 0 Å². The predicted octanol–water partition coefficient (Wildman–Crippen LogP) is 1.06. The van der Waals surface area contributed by atoms with Crippen LogP contribution in [0.15, 0.2) is 12.1 Å². The summed E-state index contributed by atoms with van der Waals surface area (Å²) in [4.78, 5) is 24.1. The Balaban J connectivity index is 2.14. The van der Waals surface area contributed by atoms with Crippen molar-refractivity contribution in [2.24, 2.45) is 11.8 Å². The number of piperidine rings is 1. The molecule has 3 rings (SSSR count). The number of imide groups is 1. The van der Waals surface area contributed by atoms with E-state index in [0.717, 1.165) is 12.1 Å². The molecule has 0 aromatic heterocycles. The second-order valence-electron chi connectivity index (χ2n) is 4.26. The first-order valence-corrected chi connectivity index (χ1v) is 5.13. The van der Waals surface area contributed by atoms with Gasteiger partial charge in [-0.3, -0.25) is 9.59 Å². The van der Waals surface area contributed by atoms with E-state index in [4.69, 9.17) is 5.73 Å². The zero-order valence-electron chi connectivity index (χ0n) is 8.61. The van der Waals surface area contributed by atoms with Gasteiger partial charge in [0.1, 0.15) is 5.69 Å². The highest BCUT2D eigenvalue weighted by Gasteiger charge is 2.60. The standard InChI is InChI=1S/C11H8F2N2O2/c12-6-1-2-7(14)9(8(6)13)15-10(16)4-3-5(4)11(15)17/h1-2,4-5H,3,14H2. The highest BCUT2D eigenvalue weighted by atomic mass is 19.2. The summed E-state index contributed by atoms with van der Waals surface area (Å²) in [7, 11) is 0. The lowest BCUT2D eigenvalue weighted by Gasteiger charge is -2.19. The molecular formula is C11H8F2N2O2. The third-order valence-electron chi connectivity index (χ3n) is 3.19. The molecule has 17 heavy (non-hydrogen) atoms. The first kappa shape index (κ1) is 10.2. The van der Waals surface area contributed by atoms with Crippen LogP contribution in [-0.2, 0) is 9.59 Å². The van der Waals surface area contributed by atoms with Crippen LogP contribution in [0.3, 0.4) is 0 Å². The zero-order valence-corrected chi connectivity index (χ0v) is 8.61. The lowest BCUT2D eigenvalue weighted by Crippen LogP contribution is -2.34. The number of rotatable bonds is 1. The van der Waals surface area contributed by atoms with Crippen LogP contribution in [0.4, 0.5) is 20.2 Å². The lowest BCUT2D eigenvalue weighted by atomic mass is 10.2. The van der Waals surface area contributed by atoms with Gasteiger partial charge < -0.3 is 5.73 Å². The maximum atomic E-state index is 13.6. The van der Waals surface area contributed by atoms with Crippen LogP contribution in [0.2, 0.25) is 0 Å². The Morgan fingerprint density at radius 1 is 1.18 bits per heavy atom. The van der Waals surface area contributed by atoms with Crippen molar-refractivity contribution in [2.45, 2.75) is 6.42 Å². The first-order chi connectivity index (χ1) is 8.02. The van der Waals surface area contributed by atoms with Gasteiger partial charge in [-0.05, 0) is 18.6 Å². The SMILES string of the molecule is Nc1ccc(F)c(F)c1N1C(=O)C2CC2C1=O. The van der Waals surface area contributed by atoms with Crippen LogP contribution < -0.4 is 10.6 Å². The van der Waals surface area contributed by atoms with Gasteiger partial charge in [-0.2, -0.15) is 0 Å². The van der Waals surface area contributed by atoms with E-state index in [1.807, 2.05) is 0 Å². The number of fused-ring (bicyclic) bond motifs is 1. The molecule has 2 N–H and O–H groups in total. The first-order valence-electron chi connectivity index (χ1n) is 5.13. The van der Waals surface area contributed by atoms with Crippen molar-refractivity contribution in [3.8, 4) is 0 Å². The molecule has 88 valence electrons. The number of amides is 2. The molecule has 0 bridgehead atoms. The Morgan fingerprint density at radius 2 is 1.76 bits per heavy atom. The number of anilines is 2. The molecule has 1 heterocycles. The number of nitrogens with zero attached hydrogens (tertiary/aromatic N) is 1. The monoisotopic (exact) mass is 238 g/mol. The molecule has 1 aliphatic carbocycles. The molecule has 2 aliphatic rings. The molecule has 4 nitrogen and oxygen atoms in total. The van der Waals surface area contributed by atoms with Crippen LogP contribution in [0.1, 0.15) is 6.42 Å². The summed E-state index contributed by atoms with van der Waals surface area (Å²) in [5, 5.41) is 0. The number of hydrogen-bond donors (Lipinski definition) is 1. The number of carbonyl (C=O) groups excluding carboxylic acids is 2. The fraction of sp³-hybridized carbons (Fsp3) is 0.273. The van der Waals surface area contributed by atoms with E-state index in [-0.39, 0.29) is 17.5 Å². The summed E-state index contributed by atoms with van der Waals surface area (Å²) in [5.41, 5.74) is 4.93. The molecule has 2 unspecified atom stereocenters. The van der Waals surface area contributed by atoms with E-state index >= 15 is 0 Å². The lowest BCUT2D eigenvalue weighted by molar-refractivity contribution is -0.123. The minimum absolute atomic E-state index is 0.119. The van der Waals surface area contributed by atoms with Crippen molar-refractivity contribution in [2.75, 3.05) is 10.6 Å². The maximum absolute atomic E-state index is 13.6. The van der Waals surface area contributed by atoms with E-state index in [2.05, 4.69) is 0 Å². The van der Waals surface area contributed by atoms with E-state index in [0.29, 0.717) is 11.3 Å². The smallest absolute Gasteiger partial charge is 0.237 e. The van der Waals surface area contributed by atoms with E-state index < -0.39 is 29.1 Å². The summed E-state index contributed by atoms with van der Waals surface area (Å²) in [6.45, 7) is 0. The van der Waals surface area contributed by atoms with E-state index in [1.165, 1.54) is 0 Å². The maximum Gasteiger partial charge on any atom is 0.237 e. The number of nitrogens with two attached hydrogens (primary N) is 1. The van der Waals surface area contributed by atoms with Crippen molar-refractivity contribution in [3.05, 3.63) is 23.8 Å². The van der Waals surface area contributed by atoms with Gasteiger partial charge in [-0.1, -0.05) is 0 Å². The van der Waals surface area contributed by atoms with Gasteiger partial charge in [0.2, 0.25) is 11.8 Å². The minimum atomic E-state index is -1.26. The normalized spacial score (nSPS) is 26.4. The largest absolute Gasteiger partial charge is 0.397 e. The molecule has 0 radical (unpaired) electrons. The second-order valence-corrected chi connectivity index (χ2v) is 4.26. The Morgan fingerprint density at radius 3 is 2.35 bits per heavy atom. The Labute approximate surface area is 95.0 Å². The van der Waals surface area contributed by atoms with Crippen molar-refractivity contribution in [1.29, 1.82) is 0 Å². The molecule has 1 saturated carbocycles. The minimum Gasteiger partial charge on any atom is -0.397 e. The van der Waals surface area contributed by atoms with Crippen molar-refractivity contribution >= 4 is 23.2 Å². The highest BCUT2D eigenvalue weighted by Crippen LogP contribution is 2.49. The van der Waals surface area contributed by atoms with Crippen LogP contribution in [0, 0.1) is 23.5 Å². The van der Waals surface area contributed by atoms with Gasteiger partial charge in [-0.15, -0.1) is 0 Å². The summed E-state index contributed by atoms with van der Waals surface area (Å²) >= 11 is 0. The third kappa shape index (κ3) is 1.20. The second kappa shape index (κ2) is 3.03. The summed E-state index contributed by atoms with van der Waals surface area (Å²) in [6, 6.07) is 2.00. The summed E-state index contributed by atoms with van der Waals surface area (Å²) < 4.78 is 26.7. The summed E-state index contributed by atoms with van der Waals surface area (Å²) in [5.74, 6) is -4.11.